The maximum atomic E-state index is 12.0. The van der Waals surface area contributed by atoms with Gasteiger partial charge in [0, 0.05) is 38.0 Å². The largest absolute Gasteiger partial charge is 0.463 e. The summed E-state index contributed by atoms with van der Waals surface area (Å²) in [5.74, 6) is 0.737. The van der Waals surface area contributed by atoms with Gasteiger partial charge in [0.25, 0.3) is 0 Å². The fourth-order valence-corrected chi connectivity index (χ4v) is 3.50. The summed E-state index contributed by atoms with van der Waals surface area (Å²) < 4.78 is 12.2. The zero-order valence-electron chi connectivity index (χ0n) is 16.9. The Morgan fingerprint density at radius 3 is 2.77 bits per heavy atom. The normalized spacial score (nSPS) is 10.8. The van der Waals surface area contributed by atoms with E-state index in [1.165, 1.54) is 0 Å². The highest BCUT2D eigenvalue weighted by atomic mass is 27.1. The van der Waals surface area contributed by atoms with Gasteiger partial charge in [0.15, 0.2) is 5.65 Å². The number of imidazole rings is 1. The van der Waals surface area contributed by atoms with Crippen LogP contribution in [0.15, 0.2) is 55.1 Å². The molecule has 30 heavy (non-hydrogen) atoms. The predicted molar refractivity (Wildman–Crippen MR) is 116 cm³/mol. The smallest absolute Gasteiger partial charge is 0.407 e. The monoisotopic (exact) mass is 419 g/mol. The molecule has 152 valence electrons. The number of carbonyl (C=O) groups is 1. The van der Waals surface area contributed by atoms with E-state index >= 15 is 0 Å². The number of ether oxygens (including phenoxy) is 1. The number of aromatic nitrogens is 5. The standard InChI is InChI=1S/C20H21N7O2.Al.2H/c1-26-11-15(9-24-26)17-10-23-19-18(21)25-16(12-27(17)19)7-8-22-20(28)29-13-14-5-3-2-4-6-14;;;/h2-6,9-12H,7-8,13H2,1H3,(H3,21,22,25,28);;;/q;+1;;/p-1. The van der Waals surface area contributed by atoms with Crippen LogP contribution in [0.2, 0.25) is 0 Å². The number of aryl methyl sites for hydroxylation is 1. The lowest BCUT2D eigenvalue weighted by molar-refractivity contribution is 0.140. The number of anilines is 1. The van der Waals surface area contributed by atoms with Gasteiger partial charge in [-0.1, -0.05) is 30.3 Å². The molecule has 4 aromatic rings. The van der Waals surface area contributed by atoms with Gasteiger partial charge >= 0.3 is 22.6 Å². The molecule has 0 saturated heterocycles. The summed E-state index contributed by atoms with van der Waals surface area (Å²) in [5.41, 5.74) is 4.47. The van der Waals surface area contributed by atoms with Crippen molar-refractivity contribution in [3.8, 4) is 11.3 Å². The SMILES string of the molecule is Cn1cc(-c2cnc3c([NH][AlH2])nc(CCNC(=O)OCc4ccccc4)cn23)cn1. The fourth-order valence-electron chi connectivity index (χ4n) is 3.16. The van der Waals surface area contributed by atoms with Crippen LogP contribution in [-0.2, 0) is 24.8 Å². The highest BCUT2D eigenvalue weighted by Gasteiger charge is 2.13. The van der Waals surface area contributed by atoms with E-state index in [2.05, 4.69) is 24.7 Å². The van der Waals surface area contributed by atoms with E-state index in [0.717, 1.165) is 50.5 Å². The van der Waals surface area contributed by atoms with Crippen LogP contribution in [0.1, 0.15) is 11.3 Å². The molecule has 9 nitrogen and oxygen atoms in total. The molecule has 0 unspecified atom stereocenters. The summed E-state index contributed by atoms with van der Waals surface area (Å²) in [6, 6.07) is 9.59. The number of hydrogen-bond donors (Lipinski definition) is 2. The Bertz CT molecular complexity index is 1160. The molecular formula is C20H22AlN7O2. The van der Waals surface area contributed by atoms with Crippen molar-refractivity contribution in [2.75, 3.05) is 10.8 Å². The number of amides is 1. The first kappa shape index (κ1) is 19.9. The van der Waals surface area contributed by atoms with E-state index in [0.29, 0.717) is 13.0 Å². The quantitative estimate of drug-likeness (QED) is 0.441. The topological polar surface area (TPSA) is 98.4 Å². The molecule has 0 aliphatic rings. The van der Waals surface area contributed by atoms with Gasteiger partial charge in [-0.2, -0.15) is 5.10 Å². The molecule has 10 heteroatoms. The molecule has 2 N–H and O–H groups in total. The molecule has 3 aromatic heterocycles. The Kier molecular flexibility index (Phi) is 5.97. The van der Waals surface area contributed by atoms with Crippen LogP contribution in [0.3, 0.4) is 0 Å². The van der Waals surface area contributed by atoms with E-state index in [1.807, 2.05) is 66.6 Å². The maximum Gasteiger partial charge on any atom is 0.407 e. The number of nitrogens with zero attached hydrogens (tertiary/aromatic N) is 5. The fraction of sp³-hybridized carbons (Fsp3) is 0.200. The third kappa shape index (κ3) is 4.45. The predicted octanol–water partition coefficient (Wildman–Crippen LogP) is 1.56. The molecule has 0 bridgehead atoms. The van der Waals surface area contributed by atoms with Crippen LogP contribution in [-0.4, -0.2) is 53.3 Å². The lowest BCUT2D eigenvalue weighted by Gasteiger charge is -2.10. The summed E-state index contributed by atoms with van der Waals surface area (Å²) in [4.78, 5) is 21.1. The van der Waals surface area contributed by atoms with Gasteiger partial charge in [0.2, 0.25) is 0 Å². The molecule has 4 rings (SSSR count). The van der Waals surface area contributed by atoms with E-state index in [1.54, 1.807) is 4.68 Å². The summed E-state index contributed by atoms with van der Waals surface area (Å²) >= 11 is 0.746. The van der Waals surface area contributed by atoms with Crippen LogP contribution in [0, 0.1) is 0 Å². The zero-order valence-corrected chi connectivity index (χ0v) is 18.9. The minimum absolute atomic E-state index is 0.245. The van der Waals surface area contributed by atoms with Crippen molar-refractivity contribution in [3.05, 3.63) is 66.4 Å². The van der Waals surface area contributed by atoms with Gasteiger partial charge in [-0.05, 0) is 5.56 Å². The highest BCUT2D eigenvalue weighted by Crippen LogP contribution is 2.23. The average Bonchev–Trinajstić information content (AvgIpc) is 3.38. The Balaban J connectivity index is 1.43. The molecule has 0 saturated carbocycles. The van der Waals surface area contributed by atoms with E-state index in [4.69, 9.17) is 4.74 Å². The molecule has 0 radical (unpaired) electrons. The van der Waals surface area contributed by atoms with Crippen LogP contribution < -0.4 is 9.62 Å². The molecule has 3 heterocycles. The second-order valence-electron chi connectivity index (χ2n) is 6.81. The zero-order chi connectivity index (χ0) is 20.9. The second-order valence-corrected chi connectivity index (χ2v) is 7.31. The molecule has 0 atom stereocenters. The van der Waals surface area contributed by atoms with Crippen LogP contribution in [0.5, 0.6) is 0 Å². The number of nitrogens with one attached hydrogen (secondary N) is 2. The third-order valence-corrected chi connectivity index (χ3v) is 5.12. The first-order chi connectivity index (χ1) is 14.6. The molecule has 0 aliphatic carbocycles. The van der Waals surface area contributed by atoms with Crippen molar-refractivity contribution in [3.63, 3.8) is 0 Å². The van der Waals surface area contributed by atoms with Crippen LogP contribution in [0.4, 0.5) is 10.6 Å². The first-order valence-corrected chi connectivity index (χ1v) is 10.6. The summed E-state index contributed by atoms with van der Waals surface area (Å²) in [5, 5.41) is 7.02. The summed E-state index contributed by atoms with van der Waals surface area (Å²) in [7, 11) is 1.88. The van der Waals surface area contributed by atoms with E-state index < -0.39 is 6.09 Å². The van der Waals surface area contributed by atoms with Gasteiger partial charge < -0.3 is 14.4 Å². The third-order valence-electron chi connectivity index (χ3n) is 4.64. The van der Waals surface area contributed by atoms with Gasteiger partial charge in [-0.25, -0.2) is 14.8 Å². The lowest BCUT2D eigenvalue weighted by atomic mass is 10.2. The minimum Gasteiger partial charge on any atom is -0.463 e. The number of hydrogen-bond acceptors (Lipinski definition) is 6. The van der Waals surface area contributed by atoms with E-state index in [-0.39, 0.29) is 6.61 Å². The summed E-state index contributed by atoms with van der Waals surface area (Å²) in [6.07, 6.45) is 7.64. The van der Waals surface area contributed by atoms with Gasteiger partial charge in [0.05, 0.1) is 23.8 Å². The van der Waals surface area contributed by atoms with Crippen molar-refractivity contribution in [1.82, 2.24) is 29.5 Å². The van der Waals surface area contributed by atoms with E-state index in [9.17, 15) is 4.79 Å². The van der Waals surface area contributed by atoms with Crippen molar-refractivity contribution in [1.29, 1.82) is 0 Å². The number of benzene rings is 1. The number of rotatable bonds is 7. The van der Waals surface area contributed by atoms with Crippen LogP contribution >= 0.6 is 0 Å². The molecular weight excluding hydrogens is 397 g/mol. The van der Waals surface area contributed by atoms with Crippen molar-refractivity contribution < 1.29 is 9.53 Å². The van der Waals surface area contributed by atoms with Gasteiger partial charge in [-0.3, -0.25) is 9.08 Å². The molecule has 1 aromatic carbocycles. The first-order valence-electron chi connectivity index (χ1n) is 9.62. The van der Waals surface area contributed by atoms with Gasteiger partial charge in [0.1, 0.15) is 12.4 Å². The molecule has 0 spiro atoms. The Hall–Kier alpha value is -3.35. The van der Waals surface area contributed by atoms with Gasteiger partial charge in [-0.15, -0.1) is 0 Å². The molecule has 0 aliphatic heterocycles. The Labute approximate surface area is 181 Å². The Morgan fingerprint density at radius 1 is 1.20 bits per heavy atom. The van der Waals surface area contributed by atoms with Crippen molar-refractivity contribution in [2.45, 2.75) is 13.0 Å². The van der Waals surface area contributed by atoms with Crippen LogP contribution in [0.25, 0.3) is 16.9 Å². The number of fused-ring (bicyclic) bond motifs is 1. The number of alkyl carbamates (subject to hydrolysis) is 1. The van der Waals surface area contributed by atoms with Crippen molar-refractivity contribution in [2.24, 2.45) is 7.05 Å². The number of carbonyl (C=O) groups excluding carboxylic acids is 1. The Morgan fingerprint density at radius 2 is 2.03 bits per heavy atom. The second kappa shape index (κ2) is 8.99. The maximum absolute atomic E-state index is 12.0. The summed E-state index contributed by atoms with van der Waals surface area (Å²) in [6.45, 7) is 0.665. The lowest BCUT2D eigenvalue weighted by Crippen LogP contribution is -2.26. The minimum atomic E-state index is -0.445. The molecule has 0 fully saturated rings. The average molecular weight is 419 g/mol. The highest BCUT2D eigenvalue weighted by molar-refractivity contribution is 6.16. The molecule has 1 amide bonds. The van der Waals surface area contributed by atoms with Crippen molar-refractivity contribution >= 4 is 34.1 Å².